The minimum Gasteiger partial charge on any atom is -0.316 e. The van der Waals surface area contributed by atoms with E-state index < -0.39 is 0 Å². The highest BCUT2D eigenvalue weighted by Crippen LogP contribution is 2.27. The molecule has 19 heavy (non-hydrogen) atoms. The van der Waals surface area contributed by atoms with Crippen molar-refractivity contribution in [3.05, 3.63) is 40.0 Å². The Morgan fingerprint density at radius 3 is 2.63 bits per heavy atom. The molecule has 1 aromatic carbocycles. The second kappa shape index (κ2) is 6.78. The topological polar surface area (TPSA) is 24.9 Å². The highest BCUT2D eigenvalue weighted by atomic mass is 32.1. The number of halogens is 1. The first-order chi connectivity index (χ1) is 9.20. The fraction of sp³-hybridized carbons (Fsp3) is 0.400. The molecule has 0 unspecified atom stereocenters. The number of hydrogen-bond acceptors (Lipinski definition) is 3. The summed E-state index contributed by atoms with van der Waals surface area (Å²) in [4.78, 5) is 5.86. The SMILES string of the molecule is CCCNCCc1nc(-c2ccc(F)cc2)c(C)s1. The van der Waals surface area contributed by atoms with Crippen molar-refractivity contribution in [1.29, 1.82) is 0 Å². The molecular weight excluding hydrogens is 259 g/mol. The molecule has 0 aliphatic rings. The number of benzene rings is 1. The van der Waals surface area contributed by atoms with E-state index in [1.165, 1.54) is 17.0 Å². The van der Waals surface area contributed by atoms with Gasteiger partial charge in [0.15, 0.2) is 0 Å². The van der Waals surface area contributed by atoms with Crippen molar-refractivity contribution in [3.8, 4) is 11.3 Å². The highest BCUT2D eigenvalue weighted by Gasteiger charge is 2.09. The van der Waals surface area contributed by atoms with Gasteiger partial charge in [0.05, 0.1) is 10.7 Å². The van der Waals surface area contributed by atoms with Gasteiger partial charge in [0.2, 0.25) is 0 Å². The number of nitrogens with zero attached hydrogens (tertiary/aromatic N) is 1. The molecule has 0 saturated carbocycles. The van der Waals surface area contributed by atoms with E-state index in [1.54, 1.807) is 23.5 Å². The van der Waals surface area contributed by atoms with Gasteiger partial charge in [-0.1, -0.05) is 6.92 Å². The van der Waals surface area contributed by atoms with Gasteiger partial charge in [-0.15, -0.1) is 11.3 Å². The molecule has 2 nitrogen and oxygen atoms in total. The third kappa shape index (κ3) is 3.85. The van der Waals surface area contributed by atoms with Gasteiger partial charge in [-0.05, 0) is 44.2 Å². The maximum absolute atomic E-state index is 12.9. The van der Waals surface area contributed by atoms with Crippen LogP contribution in [0.3, 0.4) is 0 Å². The van der Waals surface area contributed by atoms with Crippen molar-refractivity contribution in [1.82, 2.24) is 10.3 Å². The van der Waals surface area contributed by atoms with Crippen LogP contribution in [0.25, 0.3) is 11.3 Å². The smallest absolute Gasteiger partial charge is 0.123 e. The summed E-state index contributed by atoms with van der Waals surface area (Å²) in [6.07, 6.45) is 2.10. The summed E-state index contributed by atoms with van der Waals surface area (Å²) in [6.45, 7) is 6.24. The summed E-state index contributed by atoms with van der Waals surface area (Å²) < 4.78 is 12.9. The van der Waals surface area contributed by atoms with Crippen LogP contribution in [0.2, 0.25) is 0 Å². The summed E-state index contributed by atoms with van der Waals surface area (Å²) in [5, 5.41) is 4.52. The second-order valence-corrected chi connectivity index (χ2v) is 5.81. The van der Waals surface area contributed by atoms with Crippen LogP contribution in [0.15, 0.2) is 24.3 Å². The molecule has 0 atom stereocenters. The first kappa shape index (κ1) is 14.2. The van der Waals surface area contributed by atoms with Crippen LogP contribution in [-0.4, -0.2) is 18.1 Å². The molecule has 2 rings (SSSR count). The van der Waals surface area contributed by atoms with Crippen LogP contribution in [-0.2, 0) is 6.42 Å². The third-order valence-corrected chi connectivity index (χ3v) is 3.93. The number of thiazole rings is 1. The van der Waals surface area contributed by atoms with E-state index in [0.29, 0.717) is 0 Å². The van der Waals surface area contributed by atoms with Gasteiger partial charge in [-0.2, -0.15) is 0 Å². The molecule has 0 radical (unpaired) electrons. The number of aromatic nitrogens is 1. The molecule has 0 amide bonds. The molecule has 0 bridgehead atoms. The summed E-state index contributed by atoms with van der Waals surface area (Å²) >= 11 is 1.73. The van der Waals surface area contributed by atoms with Crippen molar-refractivity contribution >= 4 is 11.3 Å². The summed E-state index contributed by atoms with van der Waals surface area (Å²) in [5.41, 5.74) is 1.97. The molecular formula is C15H19FN2S. The fourth-order valence-electron chi connectivity index (χ4n) is 1.93. The van der Waals surface area contributed by atoms with Crippen LogP contribution < -0.4 is 5.32 Å². The largest absolute Gasteiger partial charge is 0.316 e. The Balaban J connectivity index is 2.06. The Hall–Kier alpha value is -1.26. The van der Waals surface area contributed by atoms with Crippen LogP contribution >= 0.6 is 11.3 Å². The molecule has 0 aliphatic carbocycles. The molecule has 0 spiro atoms. The van der Waals surface area contributed by atoms with Crippen molar-refractivity contribution in [2.24, 2.45) is 0 Å². The van der Waals surface area contributed by atoms with E-state index >= 15 is 0 Å². The maximum atomic E-state index is 12.9. The predicted molar refractivity (Wildman–Crippen MR) is 79.1 cm³/mol. The fourth-order valence-corrected chi connectivity index (χ4v) is 2.89. The first-order valence-corrected chi connectivity index (χ1v) is 7.45. The molecule has 4 heteroatoms. The van der Waals surface area contributed by atoms with Crippen LogP contribution in [0.5, 0.6) is 0 Å². The lowest BCUT2D eigenvalue weighted by molar-refractivity contribution is 0.628. The second-order valence-electron chi connectivity index (χ2n) is 4.52. The van der Waals surface area contributed by atoms with Gasteiger partial charge in [-0.3, -0.25) is 0 Å². The summed E-state index contributed by atoms with van der Waals surface area (Å²) in [7, 11) is 0. The predicted octanol–water partition coefficient (Wildman–Crippen LogP) is 3.80. The van der Waals surface area contributed by atoms with Crippen LogP contribution in [0, 0.1) is 12.7 Å². The van der Waals surface area contributed by atoms with Crippen molar-refractivity contribution in [2.45, 2.75) is 26.7 Å². The molecule has 2 aromatic rings. The zero-order chi connectivity index (χ0) is 13.7. The number of nitrogens with one attached hydrogen (secondary N) is 1. The lowest BCUT2D eigenvalue weighted by Gasteiger charge is -2.00. The number of rotatable bonds is 6. The maximum Gasteiger partial charge on any atom is 0.123 e. The summed E-state index contributed by atoms with van der Waals surface area (Å²) in [6, 6.07) is 6.54. The molecule has 0 fully saturated rings. The molecule has 1 N–H and O–H groups in total. The van der Waals surface area contributed by atoms with Gasteiger partial charge in [0.25, 0.3) is 0 Å². The number of hydrogen-bond donors (Lipinski definition) is 1. The highest BCUT2D eigenvalue weighted by molar-refractivity contribution is 7.12. The Bertz CT molecular complexity index is 519. The van der Waals surface area contributed by atoms with E-state index in [1.807, 2.05) is 0 Å². The average Bonchev–Trinajstić information content (AvgIpc) is 2.77. The van der Waals surface area contributed by atoms with Crippen molar-refractivity contribution in [2.75, 3.05) is 13.1 Å². The van der Waals surface area contributed by atoms with Crippen LogP contribution in [0.4, 0.5) is 4.39 Å². The van der Waals surface area contributed by atoms with Gasteiger partial charge >= 0.3 is 0 Å². The lowest BCUT2D eigenvalue weighted by Crippen LogP contribution is -2.17. The third-order valence-electron chi connectivity index (χ3n) is 2.90. The summed E-state index contributed by atoms with van der Waals surface area (Å²) in [5.74, 6) is -0.208. The Morgan fingerprint density at radius 1 is 1.21 bits per heavy atom. The standard InChI is InChI=1S/C15H19FN2S/c1-3-9-17-10-8-14-18-15(11(2)19-14)12-4-6-13(16)7-5-12/h4-7,17H,3,8-10H2,1-2H3. The Labute approximate surface area is 117 Å². The zero-order valence-electron chi connectivity index (χ0n) is 11.4. The Kier molecular flexibility index (Phi) is 5.05. The van der Waals surface area contributed by atoms with E-state index in [4.69, 9.17) is 0 Å². The van der Waals surface area contributed by atoms with Gasteiger partial charge < -0.3 is 5.32 Å². The minimum absolute atomic E-state index is 0.208. The van der Waals surface area contributed by atoms with E-state index in [2.05, 4.69) is 24.1 Å². The molecule has 1 heterocycles. The monoisotopic (exact) mass is 278 g/mol. The van der Waals surface area contributed by atoms with E-state index in [-0.39, 0.29) is 5.82 Å². The minimum atomic E-state index is -0.208. The van der Waals surface area contributed by atoms with Gasteiger partial charge in [0, 0.05) is 23.4 Å². The first-order valence-electron chi connectivity index (χ1n) is 6.63. The lowest BCUT2D eigenvalue weighted by atomic mass is 10.1. The molecule has 0 aliphatic heterocycles. The zero-order valence-corrected chi connectivity index (χ0v) is 12.2. The quantitative estimate of drug-likeness (QED) is 0.813. The van der Waals surface area contributed by atoms with Crippen molar-refractivity contribution in [3.63, 3.8) is 0 Å². The van der Waals surface area contributed by atoms with E-state index in [0.717, 1.165) is 42.2 Å². The van der Waals surface area contributed by atoms with E-state index in [9.17, 15) is 4.39 Å². The molecule has 1 aromatic heterocycles. The molecule has 0 saturated heterocycles. The average molecular weight is 278 g/mol. The van der Waals surface area contributed by atoms with Crippen LogP contribution in [0.1, 0.15) is 23.2 Å². The van der Waals surface area contributed by atoms with Gasteiger partial charge in [-0.25, -0.2) is 9.37 Å². The molecule has 102 valence electrons. The number of aryl methyl sites for hydroxylation is 1. The van der Waals surface area contributed by atoms with Gasteiger partial charge in [0.1, 0.15) is 5.82 Å². The van der Waals surface area contributed by atoms with Crippen molar-refractivity contribution < 1.29 is 4.39 Å². The Morgan fingerprint density at radius 2 is 1.95 bits per heavy atom. The normalized spacial score (nSPS) is 10.9.